The van der Waals surface area contributed by atoms with Crippen LogP contribution in [0.25, 0.3) is 0 Å². The van der Waals surface area contributed by atoms with Crippen molar-refractivity contribution in [1.82, 2.24) is 0 Å². The zero-order chi connectivity index (χ0) is 20.2. The molecule has 146 valence electrons. The molecule has 1 saturated heterocycles. The summed E-state index contributed by atoms with van der Waals surface area (Å²) in [6, 6.07) is 27.9. The van der Waals surface area contributed by atoms with Crippen LogP contribution in [0.15, 0.2) is 96.7 Å². The van der Waals surface area contributed by atoms with Crippen LogP contribution in [0.5, 0.6) is 0 Å². The number of nitrogens with zero attached hydrogens (tertiary/aromatic N) is 2. The Bertz CT molecular complexity index is 1000. The Kier molecular flexibility index (Phi) is 5.54. The van der Waals surface area contributed by atoms with Crippen LogP contribution in [0.3, 0.4) is 0 Å². The molecular weight excluding hydrogens is 384 g/mol. The van der Waals surface area contributed by atoms with Crippen molar-refractivity contribution in [2.24, 2.45) is 0 Å². The third-order valence-corrected chi connectivity index (χ3v) is 5.26. The first-order valence-electron chi connectivity index (χ1n) is 9.36. The summed E-state index contributed by atoms with van der Waals surface area (Å²) < 4.78 is 4.96. The third-order valence-electron chi connectivity index (χ3n) is 5.01. The Balaban J connectivity index is 1.87. The second kappa shape index (κ2) is 8.41. The standard InChI is InChI=1S/C24H21ClN2O2/c1-29-23(28)16-22-24(18-8-4-2-5-9-18)27(20-10-6-3-7-11-20)17-26(22)21-14-12-19(25)13-15-21/h2-16,24H,17H2,1H3/b22-16-. The van der Waals surface area contributed by atoms with E-state index in [1.54, 1.807) is 6.08 Å². The van der Waals surface area contributed by atoms with Gasteiger partial charge in [0.25, 0.3) is 0 Å². The minimum absolute atomic E-state index is 0.131. The summed E-state index contributed by atoms with van der Waals surface area (Å²) in [5.41, 5.74) is 4.00. The predicted molar refractivity (Wildman–Crippen MR) is 117 cm³/mol. The van der Waals surface area contributed by atoms with E-state index in [-0.39, 0.29) is 12.0 Å². The lowest BCUT2D eigenvalue weighted by molar-refractivity contribution is -0.134. The number of anilines is 2. The molecule has 5 heteroatoms. The van der Waals surface area contributed by atoms with Crippen molar-refractivity contribution in [2.75, 3.05) is 23.6 Å². The van der Waals surface area contributed by atoms with Gasteiger partial charge < -0.3 is 14.5 Å². The maximum Gasteiger partial charge on any atom is 0.332 e. The van der Waals surface area contributed by atoms with Gasteiger partial charge in [-0.3, -0.25) is 0 Å². The number of esters is 1. The van der Waals surface area contributed by atoms with Crippen molar-refractivity contribution in [2.45, 2.75) is 6.04 Å². The van der Waals surface area contributed by atoms with E-state index in [1.807, 2.05) is 60.7 Å². The summed E-state index contributed by atoms with van der Waals surface area (Å²) in [4.78, 5) is 16.7. The topological polar surface area (TPSA) is 32.8 Å². The average molecular weight is 405 g/mol. The number of benzene rings is 3. The summed E-state index contributed by atoms with van der Waals surface area (Å²) >= 11 is 6.09. The second-order valence-corrected chi connectivity index (χ2v) is 7.19. The fourth-order valence-corrected chi connectivity index (χ4v) is 3.77. The van der Waals surface area contributed by atoms with Crippen molar-refractivity contribution < 1.29 is 9.53 Å². The van der Waals surface area contributed by atoms with Crippen LogP contribution < -0.4 is 9.80 Å². The molecule has 29 heavy (non-hydrogen) atoms. The zero-order valence-electron chi connectivity index (χ0n) is 16.0. The van der Waals surface area contributed by atoms with E-state index in [1.165, 1.54) is 7.11 Å². The van der Waals surface area contributed by atoms with Gasteiger partial charge in [-0.1, -0.05) is 60.1 Å². The molecule has 0 aromatic heterocycles. The predicted octanol–water partition coefficient (Wildman–Crippen LogP) is 5.42. The molecule has 4 rings (SSSR count). The highest BCUT2D eigenvalue weighted by atomic mass is 35.5. The monoisotopic (exact) mass is 404 g/mol. The highest BCUT2D eigenvalue weighted by Crippen LogP contribution is 2.42. The molecular formula is C24H21ClN2O2. The quantitative estimate of drug-likeness (QED) is 0.429. The SMILES string of the molecule is COC(=O)/C=C1/C(c2ccccc2)N(c2ccccc2)CN1c1ccc(Cl)cc1. The number of rotatable bonds is 4. The van der Waals surface area contributed by atoms with Crippen molar-refractivity contribution in [1.29, 1.82) is 0 Å². The minimum Gasteiger partial charge on any atom is -0.466 e. The molecule has 1 aliphatic heterocycles. The molecule has 0 bridgehead atoms. The van der Waals surface area contributed by atoms with E-state index in [2.05, 4.69) is 34.1 Å². The molecule has 0 amide bonds. The number of carbonyl (C=O) groups excluding carboxylic acids is 1. The van der Waals surface area contributed by atoms with E-state index in [0.717, 1.165) is 22.6 Å². The van der Waals surface area contributed by atoms with Gasteiger partial charge >= 0.3 is 5.97 Å². The number of hydrogen-bond donors (Lipinski definition) is 0. The average Bonchev–Trinajstić information content (AvgIpc) is 3.14. The van der Waals surface area contributed by atoms with Gasteiger partial charge in [-0.15, -0.1) is 0 Å². The van der Waals surface area contributed by atoms with Crippen LogP contribution in [0.1, 0.15) is 11.6 Å². The summed E-state index contributed by atoms with van der Waals surface area (Å²) in [7, 11) is 1.40. The molecule has 3 aromatic carbocycles. The zero-order valence-corrected chi connectivity index (χ0v) is 16.8. The largest absolute Gasteiger partial charge is 0.466 e. The molecule has 1 atom stereocenters. The number of para-hydroxylation sites is 1. The van der Waals surface area contributed by atoms with Gasteiger partial charge in [0.15, 0.2) is 0 Å². The molecule has 1 heterocycles. The van der Waals surface area contributed by atoms with Crippen LogP contribution in [-0.4, -0.2) is 19.7 Å². The highest BCUT2D eigenvalue weighted by molar-refractivity contribution is 6.30. The van der Waals surface area contributed by atoms with Crippen LogP contribution in [0, 0.1) is 0 Å². The molecule has 1 unspecified atom stereocenters. The molecule has 0 spiro atoms. The fourth-order valence-electron chi connectivity index (χ4n) is 3.65. The van der Waals surface area contributed by atoms with Crippen LogP contribution in [0.2, 0.25) is 5.02 Å². The molecule has 3 aromatic rings. The van der Waals surface area contributed by atoms with E-state index in [9.17, 15) is 4.79 Å². The summed E-state index contributed by atoms with van der Waals surface area (Å²) in [5, 5.41) is 0.672. The van der Waals surface area contributed by atoms with E-state index < -0.39 is 0 Å². The van der Waals surface area contributed by atoms with Gasteiger partial charge in [0.05, 0.1) is 25.5 Å². The van der Waals surface area contributed by atoms with Crippen molar-refractivity contribution in [3.8, 4) is 0 Å². The molecule has 1 aliphatic rings. The van der Waals surface area contributed by atoms with E-state index >= 15 is 0 Å². The smallest absolute Gasteiger partial charge is 0.332 e. The van der Waals surface area contributed by atoms with E-state index in [4.69, 9.17) is 16.3 Å². The summed E-state index contributed by atoms with van der Waals surface area (Å²) in [5.74, 6) is -0.380. The first-order valence-corrected chi connectivity index (χ1v) is 9.74. The normalized spacial score (nSPS) is 17.6. The van der Waals surface area contributed by atoms with Gasteiger partial charge in [-0.05, 0) is 42.0 Å². The Morgan fingerprint density at radius 3 is 2.17 bits per heavy atom. The van der Waals surface area contributed by atoms with Crippen LogP contribution in [-0.2, 0) is 9.53 Å². The second-order valence-electron chi connectivity index (χ2n) is 6.76. The van der Waals surface area contributed by atoms with Gasteiger partial charge in [0, 0.05) is 22.5 Å². The lowest BCUT2D eigenvalue weighted by Crippen LogP contribution is -2.25. The fraction of sp³-hybridized carbons (Fsp3) is 0.125. The first kappa shape index (κ1) is 19.1. The molecule has 0 N–H and O–H groups in total. The van der Waals surface area contributed by atoms with Gasteiger partial charge in [0.1, 0.15) is 0 Å². The molecule has 1 fully saturated rings. The maximum absolute atomic E-state index is 12.3. The van der Waals surface area contributed by atoms with Crippen LogP contribution in [0.4, 0.5) is 11.4 Å². The minimum atomic E-state index is -0.380. The summed E-state index contributed by atoms with van der Waals surface area (Å²) in [6.07, 6.45) is 1.58. The number of halogens is 1. The van der Waals surface area contributed by atoms with Crippen molar-refractivity contribution in [3.05, 3.63) is 107 Å². The van der Waals surface area contributed by atoms with Crippen LogP contribution >= 0.6 is 11.6 Å². The van der Waals surface area contributed by atoms with Crippen molar-refractivity contribution >= 4 is 28.9 Å². The highest BCUT2D eigenvalue weighted by Gasteiger charge is 2.37. The molecule has 0 radical (unpaired) electrons. The Morgan fingerprint density at radius 2 is 1.55 bits per heavy atom. The number of hydrogen-bond acceptors (Lipinski definition) is 4. The van der Waals surface area contributed by atoms with Gasteiger partial charge in [-0.2, -0.15) is 0 Å². The number of methoxy groups -OCH3 is 1. The number of ether oxygens (including phenoxy) is 1. The molecule has 0 saturated carbocycles. The number of carbonyl (C=O) groups is 1. The van der Waals surface area contributed by atoms with Gasteiger partial charge in [-0.25, -0.2) is 4.79 Å². The molecule has 0 aliphatic carbocycles. The van der Waals surface area contributed by atoms with Gasteiger partial charge in [0.2, 0.25) is 0 Å². The third kappa shape index (κ3) is 3.98. The lowest BCUT2D eigenvalue weighted by atomic mass is 10.0. The first-order chi connectivity index (χ1) is 14.2. The molecule has 4 nitrogen and oxygen atoms in total. The maximum atomic E-state index is 12.3. The Morgan fingerprint density at radius 1 is 0.931 bits per heavy atom. The Hall–Kier alpha value is -3.24. The summed E-state index contributed by atoms with van der Waals surface area (Å²) in [6.45, 7) is 0.591. The Labute approximate surface area is 175 Å². The lowest BCUT2D eigenvalue weighted by Gasteiger charge is -2.25. The van der Waals surface area contributed by atoms with Crippen molar-refractivity contribution in [3.63, 3.8) is 0 Å². The van der Waals surface area contributed by atoms with E-state index in [0.29, 0.717) is 11.7 Å².